The fourth-order valence-corrected chi connectivity index (χ4v) is 1.57. The van der Waals surface area contributed by atoms with E-state index in [2.05, 4.69) is 0 Å². The van der Waals surface area contributed by atoms with E-state index in [9.17, 15) is 4.79 Å². The van der Waals surface area contributed by atoms with Crippen LogP contribution in [0.4, 0.5) is 0 Å². The van der Waals surface area contributed by atoms with Gasteiger partial charge in [0, 0.05) is 5.92 Å². The number of carbonyl (C=O) groups is 1. The van der Waals surface area contributed by atoms with E-state index in [4.69, 9.17) is 0 Å². The van der Waals surface area contributed by atoms with E-state index in [1.165, 1.54) is 0 Å². The largest absolute Gasteiger partial charge is 0.294 e. The maximum absolute atomic E-state index is 11.7. The van der Waals surface area contributed by atoms with Gasteiger partial charge >= 0.3 is 0 Å². The summed E-state index contributed by atoms with van der Waals surface area (Å²) >= 11 is 0. The Labute approximate surface area is 85.5 Å². The topological polar surface area (TPSA) is 17.1 Å². The smallest absolute Gasteiger partial charge is 0.162 e. The summed E-state index contributed by atoms with van der Waals surface area (Å²) in [5, 5.41) is 0. The lowest BCUT2D eigenvalue weighted by atomic mass is 9.92. The monoisotopic (exact) mass is 188 g/mol. The van der Waals surface area contributed by atoms with E-state index in [0.717, 1.165) is 12.0 Å². The summed E-state index contributed by atoms with van der Waals surface area (Å²) in [5.41, 5.74) is 1.11. The fourth-order valence-electron chi connectivity index (χ4n) is 1.57. The lowest BCUT2D eigenvalue weighted by Crippen LogP contribution is -2.08. The highest BCUT2D eigenvalue weighted by atomic mass is 16.1. The second-order valence-electron chi connectivity index (χ2n) is 3.27. The summed E-state index contributed by atoms with van der Waals surface area (Å²) in [5.74, 6) is 0.216. The van der Waals surface area contributed by atoms with Gasteiger partial charge in [-0.2, -0.15) is 0 Å². The van der Waals surface area contributed by atoms with E-state index >= 15 is 0 Å². The Hall–Kier alpha value is -1.37. The molecule has 1 aromatic rings. The minimum absolute atomic E-state index is 0.0207. The Balaban J connectivity index is 2.88. The molecule has 0 N–H and O–H groups in total. The maximum atomic E-state index is 11.7. The van der Waals surface area contributed by atoms with E-state index in [1.807, 2.05) is 44.2 Å². The normalized spacial score (nSPS) is 13.0. The van der Waals surface area contributed by atoms with E-state index in [0.29, 0.717) is 0 Å². The van der Waals surface area contributed by atoms with Gasteiger partial charge in [0.2, 0.25) is 0 Å². The van der Waals surface area contributed by atoms with Crippen molar-refractivity contribution in [2.45, 2.75) is 26.2 Å². The third kappa shape index (κ3) is 2.56. The number of ketones is 1. The van der Waals surface area contributed by atoms with Gasteiger partial charge in [-0.3, -0.25) is 4.79 Å². The van der Waals surface area contributed by atoms with Crippen molar-refractivity contribution in [1.82, 2.24) is 0 Å². The molecule has 1 atom stereocenters. The van der Waals surface area contributed by atoms with Gasteiger partial charge < -0.3 is 0 Å². The minimum Gasteiger partial charge on any atom is -0.294 e. The number of rotatable bonds is 4. The van der Waals surface area contributed by atoms with Crippen LogP contribution in [0.5, 0.6) is 0 Å². The number of carbonyl (C=O) groups excluding carboxylic acids is 1. The molecule has 0 aliphatic rings. The van der Waals surface area contributed by atoms with Crippen molar-refractivity contribution in [2.24, 2.45) is 0 Å². The lowest BCUT2D eigenvalue weighted by Gasteiger charge is -2.11. The number of hydrogen-bond donors (Lipinski definition) is 0. The zero-order valence-electron chi connectivity index (χ0n) is 8.73. The molecule has 1 aromatic carbocycles. The molecule has 0 aliphatic heterocycles. The predicted octanol–water partition coefficient (Wildman–Crippen LogP) is 3.33. The molecule has 0 bridgehead atoms. The van der Waals surface area contributed by atoms with Crippen LogP contribution in [0.3, 0.4) is 0 Å². The zero-order valence-corrected chi connectivity index (χ0v) is 8.73. The molecule has 0 saturated carbocycles. The Morgan fingerprint density at radius 3 is 2.50 bits per heavy atom. The summed E-state index contributed by atoms with van der Waals surface area (Å²) in [7, 11) is 0. The van der Waals surface area contributed by atoms with E-state index in [-0.39, 0.29) is 11.7 Å². The fraction of sp³-hybridized carbons (Fsp3) is 0.308. The molecule has 0 aromatic heterocycles. The summed E-state index contributed by atoms with van der Waals surface area (Å²) in [6.45, 7) is 3.91. The molecule has 0 fully saturated rings. The Morgan fingerprint density at radius 2 is 2.00 bits per heavy atom. The van der Waals surface area contributed by atoms with Crippen LogP contribution in [0.25, 0.3) is 0 Å². The molecule has 0 heterocycles. The second kappa shape index (κ2) is 5.38. The first-order valence-electron chi connectivity index (χ1n) is 5.01. The summed E-state index contributed by atoms with van der Waals surface area (Å²) < 4.78 is 0. The SMILES string of the molecule is C/C=C/C(=O)C(CC)c1ccccc1. The molecule has 0 saturated heterocycles. The molecule has 1 heteroatoms. The highest BCUT2D eigenvalue weighted by Gasteiger charge is 2.14. The van der Waals surface area contributed by atoms with Crippen molar-refractivity contribution in [3.05, 3.63) is 48.0 Å². The van der Waals surface area contributed by atoms with Crippen LogP contribution in [0, 0.1) is 0 Å². The maximum Gasteiger partial charge on any atom is 0.162 e. The molecule has 0 spiro atoms. The van der Waals surface area contributed by atoms with Crippen molar-refractivity contribution in [3.8, 4) is 0 Å². The molecule has 74 valence electrons. The highest BCUT2D eigenvalue weighted by molar-refractivity contribution is 5.95. The first-order chi connectivity index (χ1) is 6.79. The van der Waals surface area contributed by atoms with E-state index in [1.54, 1.807) is 12.2 Å². The molecular formula is C13H16O. The Kier molecular flexibility index (Phi) is 4.11. The summed E-state index contributed by atoms with van der Waals surface area (Å²) in [4.78, 5) is 11.7. The zero-order chi connectivity index (χ0) is 10.4. The lowest BCUT2D eigenvalue weighted by molar-refractivity contribution is -0.116. The van der Waals surface area contributed by atoms with Gasteiger partial charge in [0.25, 0.3) is 0 Å². The molecule has 0 amide bonds. The van der Waals surface area contributed by atoms with Crippen molar-refractivity contribution < 1.29 is 4.79 Å². The number of allylic oxidation sites excluding steroid dienone is 2. The number of hydrogen-bond acceptors (Lipinski definition) is 1. The first kappa shape index (κ1) is 10.7. The molecule has 0 radical (unpaired) electrons. The summed E-state index contributed by atoms with van der Waals surface area (Å²) in [6, 6.07) is 9.93. The standard InChI is InChI=1S/C13H16O/c1-3-8-13(14)12(4-2)11-9-6-5-7-10-11/h3,5-10,12H,4H2,1-2H3/b8-3+. The van der Waals surface area contributed by atoms with Gasteiger partial charge in [-0.05, 0) is 25.0 Å². The van der Waals surface area contributed by atoms with Crippen molar-refractivity contribution in [1.29, 1.82) is 0 Å². The van der Waals surface area contributed by atoms with Gasteiger partial charge in [-0.1, -0.05) is 43.3 Å². The van der Waals surface area contributed by atoms with Gasteiger partial charge in [-0.25, -0.2) is 0 Å². The molecule has 1 unspecified atom stereocenters. The van der Waals surface area contributed by atoms with Crippen LogP contribution < -0.4 is 0 Å². The van der Waals surface area contributed by atoms with E-state index < -0.39 is 0 Å². The van der Waals surface area contributed by atoms with Gasteiger partial charge in [0.05, 0.1) is 0 Å². The molecule has 1 rings (SSSR count). The Morgan fingerprint density at radius 1 is 1.36 bits per heavy atom. The quantitative estimate of drug-likeness (QED) is 0.662. The van der Waals surface area contributed by atoms with Crippen LogP contribution in [0.1, 0.15) is 31.7 Å². The van der Waals surface area contributed by atoms with Crippen molar-refractivity contribution in [3.63, 3.8) is 0 Å². The highest BCUT2D eigenvalue weighted by Crippen LogP contribution is 2.20. The second-order valence-corrected chi connectivity index (χ2v) is 3.27. The van der Waals surface area contributed by atoms with Gasteiger partial charge in [0.15, 0.2) is 5.78 Å². The summed E-state index contributed by atoms with van der Waals surface area (Å²) in [6.07, 6.45) is 4.31. The minimum atomic E-state index is 0.0207. The average Bonchev–Trinajstić information content (AvgIpc) is 2.21. The predicted molar refractivity (Wildman–Crippen MR) is 59.3 cm³/mol. The molecule has 14 heavy (non-hydrogen) atoms. The third-order valence-corrected chi connectivity index (χ3v) is 2.28. The molecule has 1 nitrogen and oxygen atoms in total. The van der Waals surface area contributed by atoms with Crippen LogP contribution in [0.15, 0.2) is 42.5 Å². The average molecular weight is 188 g/mol. The number of benzene rings is 1. The van der Waals surface area contributed by atoms with Crippen molar-refractivity contribution in [2.75, 3.05) is 0 Å². The van der Waals surface area contributed by atoms with Crippen LogP contribution in [0.2, 0.25) is 0 Å². The Bertz CT molecular complexity index is 311. The van der Waals surface area contributed by atoms with Crippen LogP contribution >= 0.6 is 0 Å². The molecular weight excluding hydrogens is 172 g/mol. The van der Waals surface area contributed by atoms with Gasteiger partial charge in [0.1, 0.15) is 0 Å². The third-order valence-electron chi connectivity index (χ3n) is 2.28. The first-order valence-corrected chi connectivity index (χ1v) is 5.01. The molecule has 0 aliphatic carbocycles. The van der Waals surface area contributed by atoms with Gasteiger partial charge in [-0.15, -0.1) is 0 Å². The van der Waals surface area contributed by atoms with Crippen LogP contribution in [-0.2, 0) is 4.79 Å². The van der Waals surface area contributed by atoms with Crippen LogP contribution in [-0.4, -0.2) is 5.78 Å². The van der Waals surface area contributed by atoms with Crippen molar-refractivity contribution >= 4 is 5.78 Å².